The highest BCUT2D eigenvalue weighted by Gasteiger charge is 2.40. The summed E-state index contributed by atoms with van der Waals surface area (Å²) < 4.78 is 6.25. The Morgan fingerprint density at radius 2 is 1.93 bits per heavy atom. The molecule has 6 rings (SSSR count). The van der Waals surface area contributed by atoms with Crippen LogP contribution in [0.2, 0.25) is 0 Å². The van der Waals surface area contributed by atoms with Crippen LogP contribution < -0.4 is 5.32 Å². The maximum absolute atomic E-state index is 12.9. The Balaban J connectivity index is 1.33. The molecular formula is C21H26N4O3S. The van der Waals surface area contributed by atoms with Crippen molar-refractivity contribution in [1.29, 1.82) is 0 Å². The van der Waals surface area contributed by atoms with Gasteiger partial charge in [0.15, 0.2) is 0 Å². The molecule has 4 aliphatic heterocycles. The molecule has 4 saturated heterocycles. The van der Waals surface area contributed by atoms with Crippen LogP contribution in [-0.2, 0) is 4.74 Å². The molecule has 8 heteroatoms. The van der Waals surface area contributed by atoms with Gasteiger partial charge in [-0.05, 0) is 50.9 Å². The lowest BCUT2D eigenvalue weighted by atomic mass is 9.79. The maximum atomic E-state index is 12.9. The number of carbonyl (C=O) groups excluding carboxylic acids is 2. The van der Waals surface area contributed by atoms with Crippen LogP contribution in [0.15, 0.2) is 18.3 Å². The van der Waals surface area contributed by atoms with Crippen molar-refractivity contribution in [3.63, 3.8) is 0 Å². The zero-order chi connectivity index (χ0) is 20.0. The van der Waals surface area contributed by atoms with E-state index in [0.29, 0.717) is 48.8 Å². The van der Waals surface area contributed by atoms with E-state index in [1.807, 2.05) is 17.0 Å². The van der Waals surface area contributed by atoms with E-state index in [0.717, 1.165) is 36.0 Å². The Morgan fingerprint density at radius 3 is 2.66 bits per heavy atom. The molecule has 0 radical (unpaired) electrons. The standard InChI is InChI=1S/C21H26N4O3S/c1-13-19(14-2-4-24(13)5-3-14)23-20(26)16-11-17-15(12-22-16)10-18(29-17)21(27)25-6-8-28-9-7-25/h10-14,19H,2-9H2,1H3,(H,23,26). The number of morpholine rings is 1. The van der Waals surface area contributed by atoms with Crippen molar-refractivity contribution in [2.75, 3.05) is 39.4 Å². The van der Waals surface area contributed by atoms with Gasteiger partial charge < -0.3 is 15.0 Å². The topological polar surface area (TPSA) is 74.8 Å². The Kier molecular flexibility index (Phi) is 5.01. The van der Waals surface area contributed by atoms with Crippen molar-refractivity contribution in [2.45, 2.75) is 31.8 Å². The zero-order valence-electron chi connectivity index (χ0n) is 16.6. The van der Waals surface area contributed by atoms with Crippen molar-refractivity contribution in [2.24, 2.45) is 5.92 Å². The van der Waals surface area contributed by atoms with Crippen LogP contribution in [0.4, 0.5) is 0 Å². The lowest BCUT2D eigenvalue weighted by Crippen LogP contribution is -2.62. The third kappa shape index (κ3) is 3.53. The third-order valence-electron chi connectivity index (χ3n) is 6.62. The number of rotatable bonds is 3. The molecule has 4 aliphatic rings. The molecular weight excluding hydrogens is 388 g/mol. The highest BCUT2D eigenvalue weighted by Crippen LogP contribution is 2.32. The molecule has 2 unspecified atom stereocenters. The predicted octanol–water partition coefficient (Wildman–Crippen LogP) is 1.98. The number of ether oxygens (including phenoxy) is 1. The number of piperidine rings is 3. The minimum Gasteiger partial charge on any atom is -0.378 e. The van der Waals surface area contributed by atoms with Gasteiger partial charge in [-0.25, -0.2) is 0 Å². The number of pyridine rings is 1. The molecule has 0 saturated carbocycles. The van der Waals surface area contributed by atoms with Gasteiger partial charge in [-0.15, -0.1) is 11.3 Å². The molecule has 0 aliphatic carbocycles. The molecule has 154 valence electrons. The average molecular weight is 415 g/mol. The minimum atomic E-state index is -0.119. The number of nitrogens with one attached hydrogen (secondary N) is 1. The van der Waals surface area contributed by atoms with Gasteiger partial charge in [-0.1, -0.05) is 0 Å². The molecule has 7 nitrogen and oxygen atoms in total. The van der Waals surface area contributed by atoms with Gasteiger partial charge in [0.1, 0.15) is 5.69 Å². The van der Waals surface area contributed by atoms with Crippen LogP contribution in [0, 0.1) is 5.92 Å². The van der Waals surface area contributed by atoms with Crippen LogP contribution >= 0.6 is 11.3 Å². The first-order valence-corrected chi connectivity index (χ1v) is 11.2. The van der Waals surface area contributed by atoms with E-state index in [1.54, 1.807) is 6.20 Å². The van der Waals surface area contributed by atoms with Gasteiger partial charge in [0, 0.05) is 41.5 Å². The highest BCUT2D eigenvalue weighted by molar-refractivity contribution is 7.20. The van der Waals surface area contributed by atoms with Crippen molar-refractivity contribution < 1.29 is 14.3 Å². The van der Waals surface area contributed by atoms with Gasteiger partial charge >= 0.3 is 0 Å². The molecule has 29 heavy (non-hydrogen) atoms. The number of amides is 2. The Hall–Kier alpha value is -2.03. The highest BCUT2D eigenvalue weighted by atomic mass is 32.1. The van der Waals surface area contributed by atoms with E-state index in [4.69, 9.17) is 4.74 Å². The summed E-state index contributed by atoms with van der Waals surface area (Å²) in [6.07, 6.45) is 4.01. The first-order chi connectivity index (χ1) is 14.1. The SMILES string of the molecule is CC1C(NC(=O)c2cc3sc(C(=O)N4CCOCC4)cc3cn2)C2CCN1CC2. The van der Waals surface area contributed by atoms with E-state index in [2.05, 4.69) is 22.1 Å². The van der Waals surface area contributed by atoms with E-state index in [1.165, 1.54) is 11.3 Å². The van der Waals surface area contributed by atoms with E-state index >= 15 is 0 Å². The fourth-order valence-electron chi connectivity index (χ4n) is 4.86. The fraction of sp³-hybridized carbons (Fsp3) is 0.571. The molecule has 2 bridgehead atoms. The quantitative estimate of drug-likeness (QED) is 0.831. The molecule has 6 heterocycles. The summed E-state index contributed by atoms with van der Waals surface area (Å²) >= 11 is 1.43. The molecule has 1 N–H and O–H groups in total. The van der Waals surface area contributed by atoms with Gasteiger partial charge in [0.05, 0.1) is 18.1 Å². The van der Waals surface area contributed by atoms with E-state index < -0.39 is 0 Å². The largest absolute Gasteiger partial charge is 0.378 e. The number of nitrogens with zero attached hydrogens (tertiary/aromatic N) is 3. The number of aromatic nitrogens is 1. The molecule has 2 atom stereocenters. The van der Waals surface area contributed by atoms with Crippen LogP contribution in [0.5, 0.6) is 0 Å². The Bertz CT molecular complexity index is 929. The average Bonchev–Trinajstić information content (AvgIpc) is 3.20. The van der Waals surface area contributed by atoms with Gasteiger partial charge in [0.25, 0.3) is 11.8 Å². The normalized spacial score (nSPS) is 29.2. The van der Waals surface area contributed by atoms with Crippen molar-refractivity contribution in [3.05, 3.63) is 28.9 Å². The summed E-state index contributed by atoms with van der Waals surface area (Å²) in [5.41, 5.74) is 0.424. The van der Waals surface area contributed by atoms with Crippen LogP contribution in [0.3, 0.4) is 0 Å². The molecule has 0 aromatic carbocycles. The van der Waals surface area contributed by atoms with Crippen molar-refractivity contribution in [1.82, 2.24) is 20.1 Å². The van der Waals surface area contributed by atoms with Gasteiger partial charge in [0.2, 0.25) is 0 Å². The van der Waals surface area contributed by atoms with Gasteiger partial charge in [-0.3, -0.25) is 19.5 Å². The monoisotopic (exact) mass is 414 g/mol. The molecule has 2 amide bonds. The fourth-order valence-corrected chi connectivity index (χ4v) is 5.90. The van der Waals surface area contributed by atoms with E-state index in [-0.39, 0.29) is 17.9 Å². The summed E-state index contributed by atoms with van der Waals surface area (Å²) in [7, 11) is 0. The number of fused-ring (bicyclic) bond motifs is 4. The number of carbonyl (C=O) groups is 2. The Labute approximate surface area is 174 Å². The maximum Gasteiger partial charge on any atom is 0.270 e. The molecule has 2 aromatic rings. The molecule has 4 fully saturated rings. The first kappa shape index (κ1) is 19.0. The summed E-state index contributed by atoms with van der Waals surface area (Å²) in [4.78, 5) is 35.0. The third-order valence-corrected chi connectivity index (χ3v) is 7.70. The van der Waals surface area contributed by atoms with Crippen molar-refractivity contribution >= 4 is 33.2 Å². The predicted molar refractivity (Wildman–Crippen MR) is 111 cm³/mol. The summed E-state index contributed by atoms with van der Waals surface area (Å²) in [5.74, 6) is 0.468. The van der Waals surface area contributed by atoms with Crippen LogP contribution in [0.25, 0.3) is 10.1 Å². The smallest absolute Gasteiger partial charge is 0.270 e. The lowest BCUT2D eigenvalue weighted by Gasteiger charge is -2.49. The van der Waals surface area contributed by atoms with Crippen molar-refractivity contribution in [3.8, 4) is 0 Å². The first-order valence-electron chi connectivity index (χ1n) is 10.4. The molecule has 0 spiro atoms. The number of hydrogen-bond donors (Lipinski definition) is 1. The second-order valence-electron chi connectivity index (χ2n) is 8.24. The summed E-state index contributed by atoms with van der Waals surface area (Å²) in [5, 5.41) is 4.14. The van der Waals surface area contributed by atoms with Crippen LogP contribution in [0.1, 0.15) is 39.9 Å². The van der Waals surface area contributed by atoms with Gasteiger partial charge in [-0.2, -0.15) is 0 Å². The minimum absolute atomic E-state index is 0.0293. The number of thiophene rings is 1. The summed E-state index contributed by atoms with van der Waals surface area (Å²) in [6.45, 7) is 6.89. The number of hydrogen-bond acceptors (Lipinski definition) is 6. The van der Waals surface area contributed by atoms with E-state index in [9.17, 15) is 9.59 Å². The van der Waals surface area contributed by atoms with Crippen LogP contribution in [-0.4, -0.2) is 78.1 Å². The lowest BCUT2D eigenvalue weighted by molar-refractivity contribution is 0.0216. The summed E-state index contributed by atoms with van der Waals surface area (Å²) in [6, 6.07) is 4.25. The second-order valence-corrected chi connectivity index (χ2v) is 9.32. The Morgan fingerprint density at radius 1 is 1.17 bits per heavy atom. The second kappa shape index (κ2) is 7.66. The molecule has 2 aromatic heterocycles. The zero-order valence-corrected chi connectivity index (χ0v) is 17.4.